The zero-order valence-corrected chi connectivity index (χ0v) is 10.6. The van der Waals surface area contributed by atoms with Gasteiger partial charge in [-0.1, -0.05) is 6.92 Å². The van der Waals surface area contributed by atoms with Crippen LogP contribution in [0.5, 0.6) is 0 Å². The van der Waals surface area contributed by atoms with Gasteiger partial charge < -0.3 is 10.2 Å². The lowest BCUT2D eigenvalue weighted by Gasteiger charge is -2.37. The molecule has 3 nitrogen and oxygen atoms in total. The van der Waals surface area contributed by atoms with Gasteiger partial charge in [-0.15, -0.1) is 0 Å². The monoisotopic (exact) mass is 254 g/mol. The third kappa shape index (κ3) is 1.94. The van der Waals surface area contributed by atoms with Crippen molar-refractivity contribution in [3.8, 4) is 0 Å². The Morgan fingerprint density at radius 2 is 1.94 bits per heavy atom. The van der Waals surface area contributed by atoms with Gasteiger partial charge in [0.25, 0.3) is 0 Å². The summed E-state index contributed by atoms with van der Waals surface area (Å²) in [5.41, 5.74) is 0.868. The molecule has 1 N–H and O–H groups in total. The molecule has 1 heterocycles. The molecule has 0 bridgehead atoms. The van der Waals surface area contributed by atoms with Crippen molar-refractivity contribution >= 4 is 17.3 Å². The number of nitrogens with one attached hydrogen (secondary N) is 1. The summed E-state index contributed by atoms with van der Waals surface area (Å²) in [6.07, 6.45) is 0.598. The number of benzene rings is 1. The number of hydrogen-bond donors (Lipinski definition) is 1. The second-order valence-electron chi connectivity index (χ2n) is 4.69. The van der Waals surface area contributed by atoms with Gasteiger partial charge in [0.1, 0.15) is 6.04 Å². The first-order valence-electron chi connectivity index (χ1n) is 6.04. The predicted octanol–water partition coefficient (Wildman–Crippen LogP) is 2.91. The summed E-state index contributed by atoms with van der Waals surface area (Å²) in [5, 5.41) is 2.95. The summed E-state index contributed by atoms with van der Waals surface area (Å²) in [6.45, 7) is 5.57. The number of halogens is 2. The lowest BCUT2D eigenvalue weighted by atomic mass is 10.0. The molecule has 0 aliphatic carbocycles. The third-order valence-electron chi connectivity index (χ3n) is 3.09. The molecule has 0 spiro atoms. The summed E-state index contributed by atoms with van der Waals surface area (Å²) in [7, 11) is 0. The predicted molar refractivity (Wildman–Crippen MR) is 66.7 cm³/mol. The molecule has 18 heavy (non-hydrogen) atoms. The fraction of sp³-hybridized carbons (Fsp3) is 0.462. The van der Waals surface area contributed by atoms with Gasteiger partial charge in [-0.25, -0.2) is 8.78 Å². The fourth-order valence-electron chi connectivity index (χ4n) is 2.20. The number of hydrogen-bond acceptors (Lipinski definition) is 2. The molecule has 1 amide bonds. The van der Waals surface area contributed by atoms with Gasteiger partial charge in [0.2, 0.25) is 5.91 Å². The summed E-state index contributed by atoms with van der Waals surface area (Å²) in [5.74, 6) is -1.95. The zero-order chi connectivity index (χ0) is 13.4. The third-order valence-corrected chi connectivity index (χ3v) is 3.09. The van der Waals surface area contributed by atoms with E-state index in [2.05, 4.69) is 5.32 Å². The first kappa shape index (κ1) is 12.8. The van der Waals surface area contributed by atoms with Crippen LogP contribution in [0.1, 0.15) is 27.2 Å². The molecule has 0 aromatic heterocycles. The molecule has 2 rings (SSSR count). The SMILES string of the molecule is CCC1Nc2cc(F)c(F)cc2N(C(C)C)C1=O. The highest BCUT2D eigenvalue weighted by molar-refractivity contribution is 6.05. The highest BCUT2D eigenvalue weighted by Crippen LogP contribution is 2.35. The smallest absolute Gasteiger partial charge is 0.249 e. The van der Waals surface area contributed by atoms with Gasteiger partial charge in [-0.2, -0.15) is 0 Å². The second-order valence-corrected chi connectivity index (χ2v) is 4.69. The van der Waals surface area contributed by atoms with E-state index < -0.39 is 11.6 Å². The van der Waals surface area contributed by atoms with Gasteiger partial charge in [0, 0.05) is 18.2 Å². The molecule has 1 aliphatic heterocycles. The van der Waals surface area contributed by atoms with Crippen LogP contribution in [0.3, 0.4) is 0 Å². The van der Waals surface area contributed by atoms with Crippen LogP contribution in [0.15, 0.2) is 12.1 Å². The minimum Gasteiger partial charge on any atom is -0.372 e. The summed E-state index contributed by atoms with van der Waals surface area (Å²) < 4.78 is 26.6. The minimum absolute atomic E-state index is 0.0998. The van der Waals surface area contributed by atoms with Crippen LogP contribution in [-0.2, 0) is 4.79 Å². The van der Waals surface area contributed by atoms with Crippen molar-refractivity contribution in [2.24, 2.45) is 0 Å². The Morgan fingerprint density at radius 1 is 1.33 bits per heavy atom. The Morgan fingerprint density at radius 3 is 2.50 bits per heavy atom. The largest absolute Gasteiger partial charge is 0.372 e. The molecule has 0 fully saturated rings. The van der Waals surface area contributed by atoms with Crippen molar-refractivity contribution in [3.05, 3.63) is 23.8 Å². The second kappa shape index (κ2) is 4.55. The van der Waals surface area contributed by atoms with Crippen molar-refractivity contribution in [1.82, 2.24) is 0 Å². The van der Waals surface area contributed by atoms with Crippen LogP contribution in [0.2, 0.25) is 0 Å². The highest BCUT2D eigenvalue weighted by Gasteiger charge is 2.33. The maximum Gasteiger partial charge on any atom is 0.249 e. The topological polar surface area (TPSA) is 32.3 Å². The number of amides is 1. The summed E-state index contributed by atoms with van der Waals surface area (Å²) in [4.78, 5) is 13.7. The molecule has 1 unspecified atom stereocenters. The van der Waals surface area contributed by atoms with E-state index in [-0.39, 0.29) is 18.0 Å². The van der Waals surface area contributed by atoms with E-state index in [1.54, 1.807) is 0 Å². The summed E-state index contributed by atoms with van der Waals surface area (Å²) in [6, 6.07) is 1.69. The van der Waals surface area contributed by atoms with Crippen LogP contribution in [0, 0.1) is 11.6 Å². The number of carbonyl (C=O) groups is 1. The first-order chi connectivity index (χ1) is 8.45. The number of fused-ring (bicyclic) bond motifs is 1. The molecule has 1 aromatic carbocycles. The normalized spacial score (nSPS) is 18.9. The molecule has 1 aromatic rings. The highest BCUT2D eigenvalue weighted by atomic mass is 19.2. The molecule has 0 saturated carbocycles. The van der Waals surface area contributed by atoms with Gasteiger partial charge in [0.15, 0.2) is 11.6 Å². The summed E-state index contributed by atoms with van der Waals surface area (Å²) >= 11 is 0. The van der Waals surface area contributed by atoms with E-state index in [1.807, 2.05) is 20.8 Å². The number of anilines is 2. The Hall–Kier alpha value is -1.65. The molecule has 5 heteroatoms. The molecule has 1 atom stereocenters. The van der Waals surface area contributed by atoms with E-state index in [0.717, 1.165) is 12.1 Å². The van der Waals surface area contributed by atoms with Crippen LogP contribution in [0.25, 0.3) is 0 Å². The molecule has 98 valence electrons. The molecular formula is C13H16F2N2O. The van der Waals surface area contributed by atoms with Crippen molar-refractivity contribution < 1.29 is 13.6 Å². The zero-order valence-electron chi connectivity index (χ0n) is 10.6. The molecule has 1 aliphatic rings. The molecule has 0 radical (unpaired) electrons. The Bertz CT molecular complexity index is 488. The van der Waals surface area contributed by atoms with Crippen LogP contribution in [0.4, 0.5) is 20.2 Å². The lowest BCUT2D eigenvalue weighted by Crippen LogP contribution is -2.50. The van der Waals surface area contributed by atoms with Crippen molar-refractivity contribution in [2.75, 3.05) is 10.2 Å². The number of nitrogens with zero attached hydrogens (tertiary/aromatic N) is 1. The van der Waals surface area contributed by atoms with E-state index in [9.17, 15) is 13.6 Å². The van der Waals surface area contributed by atoms with Crippen LogP contribution >= 0.6 is 0 Å². The van der Waals surface area contributed by atoms with Crippen LogP contribution < -0.4 is 10.2 Å². The standard InChI is InChI=1S/C13H16F2N2O/c1-4-10-13(18)17(7(2)3)12-6-9(15)8(14)5-11(12)16-10/h5-7,10,16H,4H2,1-3H3. The quantitative estimate of drug-likeness (QED) is 0.880. The lowest BCUT2D eigenvalue weighted by molar-refractivity contribution is -0.120. The number of rotatable bonds is 2. The van der Waals surface area contributed by atoms with E-state index in [1.165, 1.54) is 4.90 Å². The Labute approximate surface area is 105 Å². The van der Waals surface area contributed by atoms with Crippen LogP contribution in [-0.4, -0.2) is 18.0 Å². The first-order valence-corrected chi connectivity index (χ1v) is 6.04. The van der Waals surface area contributed by atoms with Gasteiger partial charge >= 0.3 is 0 Å². The maximum atomic E-state index is 13.3. The Balaban J connectivity index is 2.56. The fourth-order valence-corrected chi connectivity index (χ4v) is 2.20. The Kier molecular flexibility index (Phi) is 3.24. The van der Waals surface area contributed by atoms with Gasteiger partial charge in [-0.05, 0) is 20.3 Å². The minimum atomic E-state index is -0.941. The van der Waals surface area contributed by atoms with E-state index in [4.69, 9.17) is 0 Å². The van der Waals surface area contributed by atoms with E-state index in [0.29, 0.717) is 17.8 Å². The average Bonchev–Trinajstić information content (AvgIpc) is 2.30. The maximum absolute atomic E-state index is 13.3. The van der Waals surface area contributed by atoms with Crippen molar-refractivity contribution in [2.45, 2.75) is 39.3 Å². The van der Waals surface area contributed by atoms with Gasteiger partial charge in [0.05, 0.1) is 11.4 Å². The molecule has 0 saturated heterocycles. The van der Waals surface area contributed by atoms with E-state index >= 15 is 0 Å². The number of carbonyl (C=O) groups excluding carboxylic acids is 1. The van der Waals surface area contributed by atoms with Crippen molar-refractivity contribution in [3.63, 3.8) is 0 Å². The van der Waals surface area contributed by atoms with Crippen molar-refractivity contribution in [1.29, 1.82) is 0 Å². The molecular weight excluding hydrogens is 238 g/mol. The van der Waals surface area contributed by atoms with Gasteiger partial charge in [-0.3, -0.25) is 4.79 Å². The average molecular weight is 254 g/mol.